The van der Waals surface area contributed by atoms with E-state index in [1.165, 1.54) is 30.4 Å². The number of nitrogens with two attached hydrogens (primary N) is 1. The summed E-state index contributed by atoms with van der Waals surface area (Å²) in [6.07, 6.45) is 5.86. The largest absolute Gasteiger partial charge is 0.381 e. The predicted molar refractivity (Wildman–Crippen MR) is 69.1 cm³/mol. The number of benzene rings is 1. The van der Waals surface area contributed by atoms with E-state index in [2.05, 4.69) is 24.3 Å². The molecule has 0 radical (unpaired) electrons. The van der Waals surface area contributed by atoms with Crippen LogP contribution in [0.25, 0.3) is 0 Å². The highest BCUT2D eigenvalue weighted by Gasteiger charge is 2.37. The zero-order chi connectivity index (χ0) is 11.7. The lowest BCUT2D eigenvalue weighted by atomic mass is 9.90. The summed E-state index contributed by atoms with van der Waals surface area (Å²) in [4.78, 5) is 0. The van der Waals surface area contributed by atoms with Crippen molar-refractivity contribution >= 4 is 0 Å². The molecular weight excluding hydrogens is 210 g/mol. The quantitative estimate of drug-likeness (QED) is 0.864. The maximum atomic E-state index is 6.17. The smallest absolute Gasteiger partial charge is 0.0535 e. The molecule has 0 aromatic heterocycles. The summed E-state index contributed by atoms with van der Waals surface area (Å²) >= 11 is 0. The van der Waals surface area contributed by atoms with Gasteiger partial charge in [-0.15, -0.1) is 0 Å². The van der Waals surface area contributed by atoms with Crippen molar-refractivity contribution in [3.8, 4) is 0 Å². The van der Waals surface area contributed by atoms with E-state index >= 15 is 0 Å². The Hall–Kier alpha value is -0.860. The average molecular weight is 231 g/mol. The van der Waals surface area contributed by atoms with Crippen molar-refractivity contribution in [1.29, 1.82) is 0 Å². The summed E-state index contributed by atoms with van der Waals surface area (Å²) in [5.74, 6) is 0.610. The number of rotatable bonds is 4. The molecule has 1 aliphatic carbocycles. The normalized spacial score (nSPS) is 26.1. The first-order valence-electron chi connectivity index (χ1n) is 6.71. The highest BCUT2D eigenvalue weighted by Crippen LogP contribution is 2.37. The van der Waals surface area contributed by atoms with Crippen LogP contribution in [-0.4, -0.2) is 18.8 Å². The maximum Gasteiger partial charge on any atom is 0.0535 e. The number of ether oxygens (including phenoxy) is 1. The van der Waals surface area contributed by atoms with Gasteiger partial charge in [0.05, 0.1) is 6.61 Å². The van der Waals surface area contributed by atoms with Crippen LogP contribution in [0.3, 0.4) is 0 Å². The highest BCUT2D eigenvalue weighted by molar-refractivity contribution is 5.31. The Morgan fingerprint density at radius 3 is 2.82 bits per heavy atom. The summed E-state index contributed by atoms with van der Waals surface area (Å²) in [5, 5.41) is 0. The van der Waals surface area contributed by atoms with E-state index in [1.54, 1.807) is 0 Å². The number of hydrogen-bond donors (Lipinski definition) is 1. The predicted octanol–water partition coefficient (Wildman–Crippen LogP) is 2.61. The topological polar surface area (TPSA) is 35.2 Å². The molecule has 2 aliphatic rings. The third-order valence-electron chi connectivity index (χ3n) is 4.21. The molecule has 0 spiro atoms. The van der Waals surface area contributed by atoms with Crippen molar-refractivity contribution in [3.05, 3.63) is 35.4 Å². The molecule has 92 valence electrons. The number of hydrogen-bond acceptors (Lipinski definition) is 2. The summed E-state index contributed by atoms with van der Waals surface area (Å²) in [7, 11) is 0. The average Bonchev–Trinajstić information content (AvgIpc) is 2.88. The Morgan fingerprint density at radius 1 is 1.29 bits per heavy atom. The van der Waals surface area contributed by atoms with Gasteiger partial charge in [0.1, 0.15) is 0 Å². The van der Waals surface area contributed by atoms with Crippen molar-refractivity contribution < 1.29 is 4.74 Å². The first-order valence-corrected chi connectivity index (χ1v) is 6.71. The van der Waals surface area contributed by atoms with E-state index in [1.807, 2.05) is 0 Å². The van der Waals surface area contributed by atoms with Crippen LogP contribution in [-0.2, 0) is 11.2 Å². The molecule has 1 saturated carbocycles. The van der Waals surface area contributed by atoms with Crippen LogP contribution in [0.4, 0.5) is 0 Å². The zero-order valence-corrected chi connectivity index (χ0v) is 10.3. The van der Waals surface area contributed by atoms with Crippen molar-refractivity contribution in [1.82, 2.24) is 0 Å². The van der Waals surface area contributed by atoms with E-state index in [9.17, 15) is 0 Å². The van der Waals surface area contributed by atoms with E-state index in [-0.39, 0.29) is 5.54 Å². The summed E-state index contributed by atoms with van der Waals surface area (Å²) in [6.45, 7) is 1.81. The molecule has 0 amide bonds. The molecule has 1 aliphatic heterocycles. The second-order valence-electron chi connectivity index (χ2n) is 5.62. The van der Waals surface area contributed by atoms with E-state index in [0.717, 1.165) is 26.1 Å². The van der Waals surface area contributed by atoms with Gasteiger partial charge in [-0.1, -0.05) is 24.3 Å². The first kappa shape index (κ1) is 11.2. The van der Waals surface area contributed by atoms with Crippen LogP contribution < -0.4 is 5.73 Å². The fraction of sp³-hybridized carbons (Fsp3) is 0.600. The fourth-order valence-electron chi connectivity index (χ4n) is 2.73. The lowest BCUT2D eigenvalue weighted by Gasteiger charge is -2.15. The van der Waals surface area contributed by atoms with Gasteiger partial charge in [0.15, 0.2) is 0 Å². The summed E-state index contributed by atoms with van der Waals surface area (Å²) in [5.41, 5.74) is 9.32. The third kappa shape index (κ3) is 2.53. The summed E-state index contributed by atoms with van der Waals surface area (Å²) in [6, 6.07) is 8.82. The van der Waals surface area contributed by atoms with Crippen LogP contribution in [0.15, 0.2) is 24.3 Å². The molecule has 2 nitrogen and oxygen atoms in total. The highest BCUT2D eigenvalue weighted by atomic mass is 16.5. The minimum atomic E-state index is 0.166. The molecule has 1 unspecified atom stereocenters. The minimum absolute atomic E-state index is 0.166. The maximum absolute atomic E-state index is 6.17. The second-order valence-corrected chi connectivity index (χ2v) is 5.62. The molecule has 1 heterocycles. The van der Waals surface area contributed by atoms with Gasteiger partial charge < -0.3 is 10.5 Å². The lowest BCUT2D eigenvalue weighted by Crippen LogP contribution is -2.22. The van der Waals surface area contributed by atoms with Crippen LogP contribution in [0, 0.1) is 0 Å². The van der Waals surface area contributed by atoms with Gasteiger partial charge in [-0.3, -0.25) is 0 Å². The Bertz CT molecular complexity index is 392. The van der Waals surface area contributed by atoms with Gasteiger partial charge in [-0.05, 0) is 43.2 Å². The molecule has 2 N–H and O–H groups in total. The molecule has 0 bridgehead atoms. The molecule has 1 saturated heterocycles. The second kappa shape index (κ2) is 4.43. The molecule has 1 aromatic carbocycles. The van der Waals surface area contributed by atoms with E-state index in [4.69, 9.17) is 10.5 Å². The first-order chi connectivity index (χ1) is 8.27. The van der Waals surface area contributed by atoms with Crippen molar-refractivity contribution in [2.24, 2.45) is 5.73 Å². The minimum Gasteiger partial charge on any atom is -0.381 e. The van der Waals surface area contributed by atoms with Crippen LogP contribution in [0.2, 0.25) is 0 Å². The Balaban J connectivity index is 1.73. The molecule has 1 aromatic rings. The van der Waals surface area contributed by atoms with Gasteiger partial charge in [0, 0.05) is 18.1 Å². The molecule has 2 heteroatoms. The van der Waals surface area contributed by atoms with Crippen LogP contribution in [0.5, 0.6) is 0 Å². The molecule has 1 atom stereocenters. The third-order valence-corrected chi connectivity index (χ3v) is 4.21. The van der Waals surface area contributed by atoms with Crippen LogP contribution in [0.1, 0.15) is 42.7 Å². The molecule has 17 heavy (non-hydrogen) atoms. The number of aryl methyl sites for hydroxylation is 1. The van der Waals surface area contributed by atoms with E-state index in [0.29, 0.717) is 5.92 Å². The standard InChI is InChI=1S/C15H21NO/c16-15(8-9-15)7-5-12-3-1-2-4-14(12)13-6-10-17-11-13/h1-4,13H,5-11,16H2. The molecular formula is C15H21NO. The van der Waals surface area contributed by atoms with Gasteiger partial charge in [0.2, 0.25) is 0 Å². The Morgan fingerprint density at radius 2 is 2.12 bits per heavy atom. The Labute approximate surface area is 103 Å². The zero-order valence-electron chi connectivity index (χ0n) is 10.3. The van der Waals surface area contributed by atoms with Gasteiger partial charge >= 0.3 is 0 Å². The van der Waals surface area contributed by atoms with Crippen molar-refractivity contribution in [2.75, 3.05) is 13.2 Å². The van der Waals surface area contributed by atoms with Crippen LogP contribution >= 0.6 is 0 Å². The van der Waals surface area contributed by atoms with Crippen molar-refractivity contribution in [2.45, 2.75) is 43.6 Å². The van der Waals surface area contributed by atoms with Crippen molar-refractivity contribution in [3.63, 3.8) is 0 Å². The van der Waals surface area contributed by atoms with Gasteiger partial charge in [-0.25, -0.2) is 0 Å². The lowest BCUT2D eigenvalue weighted by molar-refractivity contribution is 0.194. The SMILES string of the molecule is NC1(CCc2ccccc2C2CCOC2)CC1. The molecule has 2 fully saturated rings. The fourth-order valence-corrected chi connectivity index (χ4v) is 2.73. The van der Waals surface area contributed by atoms with Gasteiger partial charge in [-0.2, -0.15) is 0 Å². The van der Waals surface area contributed by atoms with E-state index < -0.39 is 0 Å². The monoisotopic (exact) mass is 231 g/mol. The Kier molecular flexibility index (Phi) is 2.93. The molecule has 3 rings (SSSR count). The summed E-state index contributed by atoms with van der Waals surface area (Å²) < 4.78 is 5.50. The van der Waals surface area contributed by atoms with Gasteiger partial charge in [0.25, 0.3) is 0 Å².